The highest BCUT2D eigenvalue weighted by atomic mass is 32.2. The fourth-order valence-electron chi connectivity index (χ4n) is 3.38. The first-order valence-electron chi connectivity index (χ1n) is 10.6. The van der Waals surface area contributed by atoms with Gasteiger partial charge in [0.05, 0.1) is 28.4 Å². The van der Waals surface area contributed by atoms with Crippen molar-refractivity contribution in [2.75, 3.05) is 6.61 Å². The molecular formula is C23H16F6N4O3S2. The topological polar surface area (TPSA) is 108 Å². The molecule has 0 aliphatic heterocycles. The Hall–Kier alpha value is -3.56. The molecule has 0 amide bonds. The van der Waals surface area contributed by atoms with Gasteiger partial charge in [0.25, 0.3) is 0 Å². The van der Waals surface area contributed by atoms with Gasteiger partial charge in [0.2, 0.25) is 10.0 Å². The van der Waals surface area contributed by atoms with E-state index in [0.29, 0.717) is 17.0 Å². The van der Waals surface area contributed by atoms with Gasteiger partial charge in [0.15, 0.2) is 5.82 Å². The second-order valence-corrected chi connectivity index (χ2v) is 10.6. The van der Waals surface area contributed by atoms with Crippen LogP contribution in [0, 0.1) is 0 Å². The molecule has 2 N–H and O–H groups in total. The minimum absolute atomic E-state index is 0.0547. The van der Waals surface area contributed by atoms with E-state index in [4.69, 9.17) is 9.88 Å². The van der Waals surface area contributed by atoms with Crippen molar-refractivity contribution in [3.63, 3.8) is 0 Å². The standard InChI is InChI=1S/C23H16F6N4O3S2/c1-2-36-17-10-12(3-4-14(17)22(24,25)26)15-11-19(23(27,28)29)33-21(32-15)13-7-8-31-16(9-13)18-5-6-20(37-18)38(30,34)35/h3-11H,2H2,1H3,(H2,30,34,35). The molecular weight excluding hydrogens is 558 g/mol. The van der Waals surface area contributed by atoms with Crippen LogP contribution in [0.1, 0.15) is 18.2 Å². The number of primary sulfonamides is 1. The van der Waals surface area contributed by atoms with Gasteiger partial charge >= 0.3 is 12.4 Å². The van der Waals surface area contributed by atoms with Crippen LogP contribution in [0.4, 0.5) is 26.3 Å². The van der Waals surface area contributed by atoms with E-state index < -0.39 is 39.4 Å². The molecule has 0 unspecified atom stereocenters. The minimum atomic E-state index is -4.89. The molecule has 0 radical (unpaired) electrons. The predicted molar refractivity (Wildman–Crippen MR) is 127 cm³/mol. The number of pyridine rings is 1. The van der Waals surface area contributed by atoms with Gasteiger partial charge in [-0.3, -0.25) is 4.98 Å². The van der Waals surface area contributed by atoms with Gasteiger partial charge in [-0.1, -0.05) is 6.07 Å². The number of hydrogen-bond acceptors (Lipinski definition) is 7. The van der Waals surface area contributed by atoms with Crippen molar-refractivity contribution < 1.29 is 39.5 Å². The molecule has 3 heterocycles. The van der Waals surface area contributed by atoms with Crippen LogP contribution in [-0.4, -0.2) is 30.0 Å². The number of sulfonamides is 1. The Labute approximate surface area is 216 Å². The third-order valence-corrected chi connectivity index (χ3v) is 7.58. The highest BCUT2D eigenvalue weighted by Gasteiger charge is 2.36. The molecule has 0 fully saturated rings. The highest BCUT2D eigenvalue weighted by Crippen LogP contribution is 2.40. The highest BCUT2D eigenvalue weighted by molar-refractivity contribution is 7.91. The number of thiophene rings is 1. The van der Waals surface area contributed by atoms with Gasteiger partial charge in [-0.15, -0.1) is 11.3 Å². The van der Waals surface area contributed by atoms with Crippen molar-refractivity contribution >= 4 is 21.4 Å². The molecule has 0 saturated heterocycles. The van der Waals surface area contributed by atoms with E-state index in [9.17, 15) is 34.8 Å². The smallest absolute Gasteiger partial charge is 0.433 e. The number of aromatic nitrogens is 3. The molecule has 4 rings (SSSR count). The molecule has 7 nitrogen and oxygen atoms in total. The van der Waals surface area contributed by atoms with Crippen molar-refractivity contribution in [3.05, 3.63) is 66.0 Å². The van der Waals surface area contributed by atoms with Gasteiger partial charge in [-0.25, -0.2) is 23.5 Å². The van der Waals surface area contributed by atoms with Gasteiger partial charge in [0, 0.05) is 17.3 Å². The summed E-state index contributed by atoms with van der Waals surface area (Å²) in [5.41, 5.74) is -2.42. The lowest BCUT2D eigenvalue weighted by molar-refractivity contribution is -0.141. The second-order valence-electron chi connectivity index (χ2n) is 7.69. The Bertz CT molecular complexity index is 1600. The first-order chi connectivity index (χ1) is 17.7. The second kappa shape index (κ2) is 9.96. The summed E-state index contributed by atoms with van der Waals surface area (Å²) >= 11 is 0.812. The van der Waals surface area contributed by atoms with Crippen LogP contribution in [0.3, 0.4) is 0 Å². The van der Waals surface area contributed by atoms with Gasteiger partial charge < -0.3 is 4.74 Å². The molecule has 1 aromatic carbocycles. The summed E-state index contributed by atoms with van der Waals surface area (Å²) in [4.78, 5) is 12.3. The number of nitrogens with zero attached hydrogens (tertiary/aromatic N) is 3. The van der Waals surface area contributed by atoms with Crippen molar-refractivity contribution in [2.45, 2.75) is 23.5 Å². The zero-order chi connectivity index (χ0) is 27.9. The molecule has 38 heavy (non-hydrogen) atoms. The normalized spacial score (nSPS) is 12.5. The molecule has 200 valence electrons. The van der Waals surface area contributed by atoms with Gasteiger partial charge in [-0.2, -0.15) is 26.3 Å². The molecule has 0 aliphatic carbocycles. The third kappa shape index (κ3) is 5.95. The van der Waals surface area contributed by atoms with Crippen LogP contribution in [0.5, 0.6) is 5.75 Å². The Morgan fingerprint density at radius 1 is 0.895 bits per heavy atom. The van der Waals surface area contributed by atoms with Gasteiger partial charge in [-0.05, 0) is 49.4 Å². The Balaban J connectivity index is 1.84. The van der Waals surface area contributed by atoms with E-state index in [1.54, 1.807) is 0 Å². The molecule has 4 aromatic rings. The fourth-order valence-corrected chi connectivity index (χ4v) is 5.07. The molecule has 0 spiro atoms. The fraction of sp³-hybridized carbons (Fsp3) is 0.174. The zero-order valence-electron chi connectivity index (χ0n) is 19.1. The van der Waals surface area contributed by atoms with Crippen LogP contribution >= 0.6 is 11.3 Å². The van der Waals surface area contributed by atoms with Crippen LogP contribution < -0.4 is 9.88 Å². The van der Waals surface area contributed by atoms with Crippen LogP contribution in [0.25, 0.3) is 33.2 Å². The van der Waals surface area contributed by atoms with Crippen molar-refractivity contribution in [1.82, 2.24) is 15.0 Å². The Morgan fingerprint density at radius 3 is 2.24 bits per heavy atom. The zero-order valence-corrected chi connectivity index (χ0v) is 20.8. The minimum Gasteiger partial charge on any atom is -0.493 e. The quantitative estimate of drug-likeness (QED) is 0.282. The lowest BCUT2D eigenvalue weighted by Gasteiger charge is -2.15. The first kappa shape index (κ1) is 27.5. The summed E-state index contributed by atoms with van der Waals surface area (Å²) in [5.74, 6) is -0.930. The van der Waals surface area contributed by atoms with Gasteiger partial charge in [0.1, 0.15) is 15.7 Å². The van der Waals surface area contributed by atoms with Crippen LogP contribution in [0.15, 0.2) is 58.9 Å². The van der Waals surface area contributed by atoms with Crippen molar-refractivity contribution in [1.29, 1.82) is 0 Å². The van der Waals surface area contributed by atoms with E-state index in [0.717, 1.165) is 23.5 Å². The Morgan fingerprint density at radius 2 is 1.63 bits per heavy atom. The maximum Gasteiger partial charge on any atom is 0.433 e. The van der Waals surface area contributed by atoms with E-state index in [1.165, 1.54) is 37.4 Å². The number of alkyl halides is 6. The third-order valence-electron chi connectivity index (χ3n) is 5.03. The number of ether oxygens (including phenoxy) is 1. The lowest BCUT2D eigenvalue weighted by atomic mass is 10.1. The van der Waals surface area contributed by atoms with Crippen LogP contribution in [-0.2, 0) is 22.4 Å². The number of rotatable bonds is 6. The average molecular weight is 575 g/mol. The molecule has 0 atom stereocenters. The summed E-state index contributed by atoms with van der Waals surface area (Å²) in [6.45, 7) is 1.36. The van der Waals surface area contributed by atoms with E-state index in [-0.39, 0.29) is 39.2 Å². The van der Waals surface area contributed by atoms with Crippen molar-refractivity contribution in [3.8, 4) is 39.0 Å². The number of benzene rings is 1. The SMILES string of the molecule is CCOc1cc(-c2cc(C(F)(F)F)nc(-c3ccnc(-c4ccc(S(N)(=O)=O)s4)c3)n2)ccc1C(F)(F)F. The number of nitrogens with two attached hydrogens (primary N) is 1. The predicted octanol–water partition coefficient (Wildman–Crippen LogP) is 6.02. The van der Waals surface area contributed by atoms with E-state index >= 15 is 0 Å². The monoisotopic (exact) mass is 574 g/mol. The molecule has 15 heteroatoms. The lowest BCUT2D eigenvalue weighted by Crippen LogP contribution is -2.11. The number of halogens is 6. The summed E-state index contributed by atoms with van der Waals surface area (Å²) in [6.07, 6.45) is -8.36. The maximum atomic E-state index is 13.7. The molecule has 0 saturated carbocycles. The molecule has 0 aliphatic rings. The van der Waals surface area contributed by atoms with E-state index in [2.05, 4.69) is 15.0 Å². The summed E-state index contributed by atoms with van der Waals surface area (Å²) < 4.78 is 109. The summed E-state index contributed by atoms with van der Waals surface area (Å²) in [5, 5.41) is 5.13. The maximum absolute atomic E-state index is 13.7. The molecule has 3 aromatic heterocycles. The van der Waals surface area contributed by atoms with Crippen molar-refractivity contribution in [2.24, 2.45) is 5.14 Å². The summed E-state index contributed by atoms with van der Waals surface area (Å²) in [7, 11) is -3.97. The van der Waals surface area contributed by atoms with Crippen LogP contribution in [0.2, 0.25) is 0 Å². The summed E-state index contributed by atoms with van der Waals surface area (Å²) in [6, 6.07) is 8.70. The van der Waals surface area contributed by atoms with E-state index in [1.807, 2.05) is 0 Å². The largest absolute Gasteiger partial charge is 0.493 e. The number of hydrogen-bond donors (Lipinski definition) is 1. The first-order valence-corrected chi connectivity index (χ1v) is 12.9. The molecule has 0 bridgehead atoms. The average Bonchev–Trinajstić information content (AvgIpc) is 3.34. The Kier molecular flexibility index (Phi) is 7.20.